The summed E-state index contributed by atoms with van der Waals surface area (Å²) in [4.78, 5) is 0. The van der Waals surface area contributed by atoms with E-state index in [-0.39, 0.29) is 24.5 Å². The average molecular weight is 283 g/mol. The number of halogens is 4. The van der Waals surface area contributed by atoms with Crippen LogP contribution in [-0.2, 0) is 11.2 Å². The molecule has 1 N–H and O–H groups in total. The normalized spacial score (nSPS) is 13.0. The quantitative estimate of drug-likeness (QED) is 0.779. The maximum Gasteiger partial charge on any atom is 0.261 e. The van der Waals surface area contributed by atoms with Crippen LogP contribution in [0.25, 0.3) is 0 Å². The fraction of sp³-hybridized carbons (Fsp3) is 0.500. The van der Waals surface area contributed by atoms with E-state index in [1.807, 2.05) is 0 Å². The Morgan fingerprint density at radius 3 is 2.67 bits per heavy atom. The van der Waals surface area contributed by atoms with Crippen LogP contribution in [0.2, 0.25) is 5.02 Å². The Balaban J connectivity index is 2.31. The second-order valence-electron chi connectivity index (χ2n) is 3.86. The van der Waals surface area contributed by atoms with Gasteiger partial charge in [0.1, 0.15) is 12.4 Å². The van der Waals surface area contributed by atoms with E-state index in [0.717, 1.165) is 0 Å². The number of hydrogen-bond donors (Lipinski definition) is 1. The Hall–Kier alpha value is -0.780. The molecule has 0 aliphatic rings. The lowest BCUT2D eigenvalue weighted by Gasteiger charge is -2.11. The summed E-state index contributed by atoms with van der Waals surface area (Å²) in [5.74, 6) is -0.518. The Morgan fingerprint density at radius 2 is 2.06 bits per heavy atom. The molecular formula is C12H14ClF3O2. The molecule has 1 unspecified atom stereocenters. The monoisotopic (exact) mass is 282 g/mol. The van der Waals surface area contributed by atoms with Crippen molar-refractivity contribution in [3.8, 4) is 0 Å². The third kappa shape index (κ3) is 5.71. The fourth-order valence-electron chi connectivity index (χ4n) is 1.43. The van der Waals surface area contributed by atoms with Gasteiger partial charge in [0.25, 0.3) is 6.43 Å². The zero-order valence-corrected chi connectivity index (χ0v) is 10.3. The Kier molecular flexibility index (Phi) is 6.46. The van der Waals surface area contributed by atoms with E-state index in [1.54, 1.807) is 0 Å². The number of ether oxygens (including phenoxy) is 1. The lowest BCUT2D eigenvalue weighted by Crippen LogP contribution is -2.15. The summed E-state index contributed by atoms with van der Waals surface area (Å²) in [6.07, 6.45) is -2.72. The molecule has 0 aliphatic heterocycles. The van der Waals surface area contributed by atoms with Crippen LogP contribution in [0.15, 0.2) is 18.2 Å². The molecule has 0 amide bonds. The second-order valence-corrected chi connectivity index (χ2v) is 4.27. The van der Waals surface area contributed by atoms with Crippen molar-refractivity contribution in [2.75, 3.05) is 13.2 Å². The summed E-state index contributed by atoms with van der Waals surface area (Å²) in [5, 5.41) is 9.62. The van der Waals surface area contributed by atoms with Crippen LogP contribution in [0.5, 0.6) is 0 Å². The van der Waals surface area contributed by atoms with Crippen LogP contribution >= 0.6 is 11.6 Å². The fourth-order valence-corrected chi connectivity index (χ4v) is 1.64. The number of hydrogen-bond acceptors (Lipinski definition) is 2. The summed E-state index contributed by atoms with van der Waals surface area (Å²) < 4.78 is 41.0. The van der Waals surface area contributed by atoms with Crippen LogP contribution < -0.4 is 0 Å². The smallest absolute Gasteiger partial charge is 0.261 e. The van der Waals surface area contributed by atoms with Gasteiger partial charge in [0.05, 0.1) is 11.1 Å². The van der Waals surface area contributed by atoms with Crippen molar-refractivity contribution < 1.29 is 23.0 Å². The highest BCUT2D eigenvalue weighted by atomic mass is 35.5. The topological polar surface area (TPSA) is 29.5 Å². The first-order valence-electron chi connectivity index (χ1n) is 5.47. The minimum atomic E-state index is -2.50. The van der Waals surface area contributed by atoms with E-state index < -0.39 is 25.0 Å². The average Bonchev–Trinajstić information content (AvgIpc) is 2.29. The number of aliphatic hydroxyl groups excluding tert-OH is 1. The van der Waals surface area contributed by atoms with E-state index >= 15 is 0 Å². The summed E-state index contributed by atoms with van der Waals surface area (Å²) in [5.41, 5.74) is 0.683. The minimum Gasteiger partial charge on any atom is -0.393 e. The van der Waals surface area contributed by atoms with Gasteiger partial charge in [0.2, 0.25) is 0 Å². The molecule has 1 aromatic carbocycles. The van der Waals surface area contributed by atoms with E-state index in [1.165, 1.54) is 18.2 Å². The van der Waals surface area contributed by atoms with Gasteiger partial charge in [-0.05, 0) is 30.5 Å². The molecule has 102 valence electrons. The van der Waals surface area contributed by atoms with Gasteiger partial charge >= 0.3 is 0 Å². The van der Waals surface area contributed by atoms with E-state index in [9.17, 15) is 18.3 Å². The Morgan fingerprint density at radius 1 is 1.33 bits per heavy atom. The summed E-state index contributed by atoms with van der Waals surface area (Å²) in [6, 6.07) is 4.17. The molecule has 0 heterocycles. The molecule has 0 aromatic heterocycles. The number of benzene rings is 1. The standard InChI is InChI=1S/C12H14ClF3O2/c13-10-6-8(1-2-11(10)14)5-9(17)3-4-18-7-12(15)16/h1-2,6,9,12,17H,3-5,7H2. The molecule has 1 atom stereocenters. The van der Waals surface area contributed by atoms with Gasteiger partial charge in [0, 0.05) is 6.61 Å². The number of aliphatic hydroxyl groups is 1. The molecule has 0 saturated heterocycles. The summed E-state index contributed by atoms with van der Waals surface area (Å²) in [6.45, 7) is -0.574. The van der Waals surface area contributed by atoms with E-state index in [0.29, 0.717) is 5.56 Å². The molecule has 18 heavy (non-hydrogen) atoms. The maximum atomic E-state index is 12.9. The zero-order chi connectivity index (χ0) is 13.5. The molecule has 0 aliphatic carbocycles. The SMILES string of the molecule is OC(CCOCC(F)F)Cc1ccc(F)c(Cl)c1. The molecule has 1 aromatic rings. The van der Waals surface area contributed by atoms with E-state index in [4.69, 9.17) is 11.6 Å². The summed E-state index contributed by atoms with van der Waals surface area (Å²) in [7, 11) is 0. The van der Waals surface area contributed by atoms with Crippen LogP contribution in [0.1, 0.15) is 12.0 Å². The second kappa shape index (κ2) is 7.61. The summed E-state index contributed by atoms with van der Waals surface area (Å²) >= 11 is 5.59. The molecule has 0 spiro atoms. The van der Waals surface area contributed by atoms with Gasteiger partial charge in [-0.1, -0.05) is 17.7 Å². The third-order valence-corrected chi connectivity index (χ3v) is 2.58. The predicted octanol–water partition coefficient (Wildman–Crippen LogP) is 3.05. The van der Waals surface area contributed by atoms with Crippen LogP contribution in [0.4, 0.5) is 13.2 Å². The van der Waals surface area contributed by atoms with Gasteiger partial charge in [0.15, 0.2) is 0 Å². The molecular weight excluding hydrogens is 269 g/mol. The van der Waals surface area contributed by atoms with Gasteiger partial charge in [-0.15, -0.1) is 0 Å². The van der Waals surface area contributed by atoms with E-state index in [2.05, 4.69) is 4.74 Å². The largest absolute Gasteiger partial charge is 0.393 e. The van der Waals surface area contributed by atoms with Gasteiger partial charge in [-0.25, -0.2) is 13.2 Å². The van der Waals surface area contributed by atoms with Gasteiger partial charge < -0.3 is 9.84 Å². The minimum absolute atomic E-state index is 0.00588. The van der Waals surface area contributed by atoms with Crippen molar-refractivity contribution in [2.45, 2.75) is 25.4 Å². The first-order valence-corrected chi connectivity index (χ1v) is 5.84. The maximum absolute atomic E-state index is 12.9. The molecule has 0 radical (unpaired) electrons. The highest BCUT2D eigenvalue weighted by Gasteiger charge is 2.09. The first-order chi connectivity index (χ1) is 8.49. The van der Waals surface area contributed by atoms with Crippen molar-refractivity contribution in [1.82, 2.24) is 0 Å². The van der Waals surface area contributed by atoms with Gasteiger partial charge in [-0.3, -0.25) is 0 Å². The third-order valence-electron chi connectivity index (χ3n) is 2.29. The van der Waals surface area contributed by atoms with Crippen LogP contribution in [0, 0.1) is 5.82 Å². The van der Waals surface area contributed by atoms with Crippen molar-refractivity contribution >= 4 is 11.6 Å². The first kappa shape index (κ1) is 15.3. The lowest BCUT2D eigenvalue weighted by atomic mass is 10.1. The zero-order valence-electron chi connectivity index (χ0n) is 9.58. The van der Waals surface area contributed by atoms with Crippen molar-refractivity contribution in [2.24, 2.45) is 0 Å². The number of rotatable bonds is 7. The molecule has 2 nitrogen and oxygen atoms in total. The van der Waals surface area contributed by atoms with Gasteiger partial charge in [-0.2, -0.15) is 0 Å². The highest BCUT2D eigenvalue weighted by molar-refractivity contribution is 6.30. The molecule has 6 heteroatoms. The predicted molar refractivity (Wildman–Crippen MR) is 62.6 cm³/mol. The van der Waals surface area contributed by atoms with Crippen molar-refractivity contribution in [3.63, 3.8) is 0 Å². The van der Waals surface area contributed by atoms with Crippen molar-refractivity contribution in [1.29, 1.82) is 0 Å². The Bertz CT molecular complexity index is 374. The molecule has 0 bridgehead atoms. The molecule has 1 rings (SSSR count). The molecule has 0 fully saturated rings. The highest BCUT2D eigenvalue weighted by Crippen LogP contribution is 2.17. The lowest BCUT2D eigenvalue weighted by molar-refractivity contribution is 0.00512. The van der Waals surface area contributed by atoms with Crippen LogP contribution in [-0.4, -0.2) is 30.8 Å². The number of alkyl halides is 2. The Labute approximate surface area is 108 Å². The van der Waals surface area contributed by atoms with Crippen LogP contribution in [0.3, 0.4) is 0 Å². The van der Waals surface area contributed by atoms with Crippen molar-refractivity contribution in [3.05, 3.63) is 34.6 Å². The molecule has 0 saturated carbocycles.